The average molecular weight is 304 g/mol. The Kier molecular flexibility index (Phi) is 4.27. The molecule has 0 aliphatic heterocycles. The van der Waals surface area contributed by atoms with E-state index in [-0.39, 0.29) is 11.9 Å². The molecule has 1 saturated carbocycles. The molecule has 3 heteroatoms. The number of hydrogen-bond donors (Lipinski definition) is 1. The maximum Gasteiger partial charge on any atom is 0.124 e. The first-order chi connectivity index (χ1) is 10.2. The van der Waals surface area contributed by atoms with Gasteiger partial charge in [0.2, 0.25) is 0 Å². The molecular weight excluding hydrogens is 285 g/mol. The molecule has 1 nitrogen and oxygen atoms in total. The van der Waals surface area contributed by atoms with E-state index in [2.05, 4.69) is 29.6 Å². The summed E-state index contributed by atoms with van der Waals surface area (Å²) in [4.78, 5) is 0. The van der Waals surface area contributed by atoms with Gasteiger partial charge in [0.15, 0.2) is 0 Å². The van der Waals surface area contributed by atoms with Crippen molar-refractivity contribution in [1.29, 1.82) is 0 Å². The fourth-order valence-corrected chi connectivity index (χ4v) is 3.25. The minimum atomic E-state index is -0.304. The van der Waals surface area contributed by atoms with Crippen molar-refractivity contribution in [2.24, 2.45) is 0 Å². The van der Waals surface area contributed by atoms with Crippen LogP contribution in [0.15, 0.2) is 42.5 Å². The van der Waals surface area contributed by atoms with Crippen LogP contribution in [-0.4, -0.2) is 7.05 Å². The number of halogens is 2. The first kappa shape index (κ1) is 14.6. The zero-order valence-corrected chi connectivity index (χ0v) is 12.8. The monoisotopic (exact) mass is 303 g/mol. The van der Waals surface area contributed by atoms with Crippen molar-refractivity contribution < 1.29 is 4.39 Å². The van der Waals surface area contributed by atoms with Crippen molar-refractivity contribution in [3.05, 3.63) is 70.0 Å². The Morgan fingerprint density at radius 2 is 2.00 bits per heavy atom. The largest absolute Gasteiger partial charge is 0.309 e. The smallest absolute Gasteiger partial charge is 0.124 e. The standard InChI is InChI=1S/C18H19ClFN/c1-21-18(16-9-8-15(20)11-17(16)19)14-7-3-6-13(10-14)12-4-2-5-12/h3,6-12,18,21H,2,4-5H2,1H3. The van der Waals surface area contributed by atoms with Gasteiger partial charge in [-0.05, 0) is 54.6 Å². The molecule has 0 radical (unpaired) electrons. The van der Waals surface area contributed by atoms with Gasteiger partial charge >= 0.3 is 0 Å². The lowest BCUT2D eigenvalue weighted by atomic mass is 9.79. The highest BCUT2D eigenvalue weighted by Crippen LogP contribution is 2.38. The molecule has 21 heavy (non-hydrogen) atoms. The second kappa shape index (κ2) is 6.17. The summed E-state index contributed by atoms with van der Waals surface area (Å²) in [6, 6.07) is 13.2. The van der Waals surface area contributed by atoms with Crippen molar-refractivity contribution >= 4 is 11.6 Å². The summed E-state index contributed by atoms with van der Waals surface area (Å²) >= 11 is 6.21. The van der Waals surface area contributed by atoms with E-state index in [9.17, 15) is 4.39 Å². The second-order valence-electron chi connectivity index (χ2n) is 5.69. The van der Waals surface area contributed by atoms with Crippen LogP contribution in [0.4, 0.5) is 4.39 Å². The van der Waals surface area contributed by atoms with Crippen molar-refractivity contribution in [3.63, 3.8) is 0 Å². The zero-order valence-electron chi connectivity index (χ0n) is 12.1. The first-order valence-corrected chi connectivity index (χ1v) is 7.79. The molecule has 1 unspecified atom stereocenters. The Morgan fingerprint density at radius 3 is 2.62 bits per heavy atom. The van der Waals surface area contributed by atoms with E-state index >= 15 is 0 Å². The summed E-state index contributed by atoms with van der Waals surface area (Å²) in [5.74, 6) is 0.396. The van der Waals surface area contributed by atoms with E-state index in [0.717, 1.165) is 5.56 Å². The summed E-state index contributed by atoms with van der Waals surface area (Å²) in [7, 11) is 1.90. The van der Waals surface area contributed by atoms with Crippen molar-refractivity contribution in [1.82, 2.24) is 5.32 Å². The number of rotatable bonds is 4. The molecule has 0 amide bonds. The van der Waals surface area contributed by atoms with Gasteiger partial charge in [-0.25, -0.2) is 4.39 Å². The van der Waals surface area contributed by atoms with Gasteiger partial charge in [0.25, 0.3) is 0 Å². The van der Waals surface area contributed by atoms with E-state index in [1.165, 1.54) is 42.5 Å². The summed E-state index contributed by atoms with van der Waals surface area (Å²) < 4.78 is 13.2. The van der Waals surface area contributed by atoms with Gasteiger partial charge in [0.1, 0.15) is 5.82 Å². The number of hydrogen-bond acceptors (Lipinski definition) is 1. The van der Waals surface area contributed by atoms with E-state index in [1.807, 2.05) is 7.05 Å². The molecule has 0 heterocycles. The third-order valence-corrected chi connectivity index (χ3v) is 4.71. The Bertz CT molecular complexity index is 637. The van der Waals surface area contributed by atoms with Crippen molar-refractivity contribution in [2.45, 2.75) is 31.2 Å². The molecule has 0 saturated heterocycles. The minimum absolute atomic E-state index is 0.0156. The summed E-state index contributed by atoms with van der Waals surface area (Å²) in [5.41, 5.74) is 3.49. The second-order valence-corrected chi connectivity index (χ2v) is 6.09. The molecule has 1 aliphatic rings. The van der Waals surface area contributed by atoms with Gasteiger partial charge in [0, 0.05) is 5.02 Å². The quantitative estimate of drug-likeness (QED) is 0.833. The fraction of sp³-hybridized carbons (Fsp3) is 0.333. The zero-order chi connectivity index (χ0) is 14.8. The molecule has 0 aromatic heterocycles. The molecule has 0 bridgehead atoms. The maximum atomic E-state index is 13.2. The highest BCUT2D eigenvalue weighted by Gasteiger charge is 2.21. The van der Waals surface area contributed by atoms with Crippen molar-refractivity contribution in [3.8, 4) is 0 Å². The lowest BCUT2D eigenvalue weighted by Gasteiger charge is -2.27. The van der Waals surface area contributed by atoms with Gasteiger partial charge < -0.3 is 5.32 Å². The van der Waals surface area contributed by atoms with E-state index in [1.54, 1.807) is 6.07 Å². The van der Waals surface area contributed by atoms with Gasteiger partial charge in [-0.3, -0.25) is 0 Å². The van der Waals surface area contributed by atoms with Crippen LogP contribution < -0.4 is 5.32 Å². The Morgan fingerprint density at radius 1 is 1.19 bits per heavy atom. The van der Waals surface area contributed by atoms with Gasteiger partial charge in [0.05, 0.1) is 6.04 Å². The Balaban J connectivity index is 1.95. The third-order valence-electron chi connectivity index (χ3n) is 4.38. The summed E-state index contributed by atoms with van der Waals surface area (Å²) in [5, 5.41) is 3.75. The molecule has 2 aromatic carbocycles. The highest BCUT2D eigenvalue weighted by molar-refractivity contribution is 6.31. The molecule has 0 spiro atoms. The molecule has 1 N–H and O–H groups in total. The van der Waals surface area contributed by atoms with Crippen LogP contribution in [-0.2, 0) is 0 Å². The minimum Gasteiger partial charge on any atom is -0.309 e. The Hall–Kier alpha value is -1.38. The van der Waals surface area contributed by atoms with E-state index in [4.69, 9.17) is 11.6 Å². The van der Waals surface area contributed by atoms with Gasteiger partial charge in [-0.1, -0.05) is 48.4 Å². The van der Waals surface area contributed by atoms with Crippen LogP contribution in [0, 0.1) is 5.82 Å². The topological polar surface area (TPSA) is 12.0 Å². The Labute approximate surface area is 130 Å². The number of benzene rings is 2. The molecule has 1 fully saturated rings. The van der Waals surface area contributed by atoms with E-state index < -0.39 is 0 Å². The highest BCUT2D eigenvalue weighted by atomic mass is 35.5. The first-order valence-electron chi connectivity index (χ1n) is 7.41. The van der Waals surface area contributed by atoms with Crippen LogP contribution in [0.5, 0.6) is 0 Å². The van der Waals surface area contributed by atoms with Crippen LogP contribution in [0.1, 0.15) is 47.9 Å². The number of nitrogens with one attached hydrogen (secondary N) is 1. The molecule has 110 valence electrons. The molecule has 3 rings (SSSR count). The molecule has 1 atom stereocenters. The maximum absolute atomic E-state index is 13.2. The average Bonchev–Trinajstić information content (AvgIpc) is 2.40. The van der Waals surface area contributed by atoms with Crippen LogP contribution in [0.25, 0.3) is 0 Å². The normalized spacial score (nSPS) is 16.5. The summed E-state index contributed by atoms with van der Waals surface area (Å²) in [6.45, 7) is 0. The van der Waals surface area contributed by atoms with Crippen LogP contribution in [0.2, 0.25) is 5.02 Å². The van der Waals surface area contributed by atoms with Crippen LogP contribution in [0.3, 0.4) is 0 Å². The predicted octanol–water partition coefficient (Wildman–Crippen LogP) is 5.06. The predicted molar refractivity (Wildman–Crippen MR) is 85.3 cm³/mol. The molecular formula is C18H19ClFN. The molecule has 2 aromatic rings. The van der Waals surface area contributed by atoms with E-state index in [0.29, 0.717) is 10.9 Å². The molecule has 1 aliphatic carbocycles. The van der Waals surface area contributed by atoms with Gasteiger partial charge in [-0.15, -0.1) is 0 Å². The van der Waals surface area contributed by atoms with Crippen molar-refractivity contribution in [2.75, 3.05) is 7.05 Å². The fourth-order valence-electron chi connectivity index (χ4n) is 2.97. The summed E-state index contributed by atoms with van der Waals surface area (Å²) in [6.07, 6.45) is 3.89. The van der Waals surface area contributed by atoms with Crippen LogP contribution >= 0.6 is 11.6 Å². The SMILES string of the molecule is CNC(c1cccc(C2CCC2)c1)c1ccc(F)cc1Cl. The van der Waals surface area contributed by atoms with Gasteiger partial charge in [-0.2, -0.15) is 0 Å². The third kappa shape index (κ3) is 2.97. The lowest BCUT2D eigenvalue weighted by molar-refractivity contribution is 0.419. The lowest BCUT2D eigenvalue weighted by Crippen LogP contribution is -2.19.